The molecule has 1 aliphatic carbocycles. The first-order chi connectivity index (χ1) is 6.31. The number of rotatable bonds is 2. The van der Waals surface area contributed by atoms with Crippen LogP contribution in [0, 0.1) is 11.8 Å². The summed E-state index contributed by atoms with van der Waals surface area (Å²) in [5.41, 5.74) is 0. The molecule has 0 bridgehead atoms. The molecule has 1 amide bonds. The zero-order valence-electron chi connectivity index (χ0n) is 7.84. The van der Waals surface area contributed by atoms with E-state index < -0.39 is 0 Å². The number of hydrogen-bond acceptors (Lipinski definition) is 1. The van der Waals surface area contributed by atoms with E-state index >= 15 is 0 Å². The molecule has 2 nitrogen and oxygen atoms in total. The van der Waals surface area contributed by atoms with Crippen molar-refractivity contribution in [3.8, 4) is 0 Å². The van der Waals surface area contributed by atoms with Crippen LogP contribution < -0.4 is 0 Å². The first-order valence-corrected chi connectivity index (χ1v) is 6.28. The minimum Gasteiger partial charge on any atom is -0.342 e. The van der Waals surface area contributed by atoms with Gasteiger partial charge in [-0.2, -0.15) is 0 Å². The quantitative estimate of drug-likeness (QED) is 0.683. The van der Waals surface area contributed by atoms with Gasteiger partial charge in [0, 0.05) is 24.3 Å². The van der Waals surface area contributed by atoms with E-state index in [0.717, 1.165) is 31.3 Å². The second-order valence-corrected chi connectivity index (χ2v) is 4.87. The Morgan fingerprint density at radius 2 is 2.15 bits per heavy atom. The van der Waals surface area contributed by atoms with Gasteiger partial charge in [0.05, 0.1) is 0 Å². The average Bonchev–Trinajstić information content (AvgIpc) is 3.00. The lowest BCUT2D eigenvalue weighted by molar-refractivity contribution is -0.134. The smallest absolute Gasteiger partial charge is 0.225 e. The van der Waals surface area contributed by atoms with Crippen molar-refractivity contribution in [2.75, 3.05) is 18.4 Å². The Kier molecular flexibility index (Phi) is 2.92. The molecule has 0 radical (unpaired) electrons. The molecule has 1 atom stereocenters. The van der Waals surface area contributed by atoms with E-state index in [1.165, 1.54) is 12.8 Å². The topological polar surface area (TPSA) is 20.3 Å². The number of likely N-dealkylation sites (tertiary alicyclic amines) is 1. The largest absolute Gasteiger partial charge is 0.342 e. The fraction of sp³-hybridized carbons (Fsp3) is 0.900. The summed E-state index contributed by atoms with van der Waals surface area (Å²) in [7, 11) is 0. The van der Waals surface area contributed by atoms with Crippen molar-refractivity contribution >= 4 is 21.8 Å². The van der Waals surface area contributed by atoms with E-state index in [0.29, 0.717) is 17.7 Å². The van der Waals surface area contributed by atoms with Crippen LogP contribution >= 0.6 is 15.9 Å². The summed E-state index contributed by atoms with van der Waals surface area (Å²) in [5, 5.41) is 1.04. The Morgan fingerprint density at radius 3 is 2.77 bits per heavy atom. The minimum atomic E-state index is 0.397. The fourth-order valence-electron chi connectivity index (χ4n) is 1.98. The van der Waals surface area contributed by atoms with Crippen LogP contribution in [0.5, 0.6) is 0 Å². The molecule has 1 saturated heterocycles. The second kappa shape index (κ2) is 3.99. The summed E-state index contributed by atoms with van der Waals surface area (Å²) in [6, 6.07) is 0. The van der Waals surface area contributed by atoms with Gasteiger partial charge in [0.2, 0.25) is 5.91 Å². The summed E-state index contributed by atoms with van der Waals surface area (Å²) < 4.78 is 0. The Morgan fingerprint density at radius 1 is 1.38 bits per heavy atom. The summed E-state index contributed by atoms with van der Waals surface area (Å²) in [6.07, 6.45) is 4.73. The first kappa shape index (κ1) is 9.50. The predicted octanol–water partition coefficient (Wildman–Crippen LogP) is 2.03. The third-order valence-electron chi connectivity index (χ3n) is 2.98. The molecule has 13 heavy (non-hydrogen) atoms. The van der Waals surface area contributed by atoms with Gasteiger partial charge in [-0.05, 0) is 31.6 Å². The van der Waals surface area contributed by atoms with Crippen LogP contribution in [0.4, 0.5) is 0 Å². The number of amides is 1. The molecular weight excluding hydrogens is 230 g/mol. The van der Waals surface area contributed by atoms with Crippen LogP contribution in [0.2, 0.25) is 0 Å². The molecule has 1 saturated carbocycles. The molecule has 0 aromatic heterocycles. The van der Waals surface area contributed by atoms with Gasteiger partial charge in [0.1, 0.15) is 0 Å². The highest BCUT2D eigenvalue weighted by Crippen LogP contribution is 2.32. The molecular formula is C10H16BrNO. The third kappa shape index (κ3) is 2.25. The van der Waals surface area contributed by atoms with Crippen LogP contribution in [0.3, 0.4) is 0 Å². The van der Waals surface area contributed by atoms with Crippen molar-refractivity contribution in [1.29, 1.82) is 0 Å². The Hall–Kier alpha value is -0.0500. The van der Waals surface area contributed by atoms with Gasteiger partial charge in [-0.25, -0.2) is 0 Å². The summed E-state index contributed by atoms with van der Waals surface area (Å²) in [6.45, 7) is 1.99. The molecule has 2 aliphatic rings. The molecule has 1 unspecified atom stereocenters. The third-order valence-corrected chi connectivity index (χ3v) is 3.89. The number of halogens is 1. The summed E-state index contributed by atoms with van der Waals surface area (Å²) >= 11 is 3.50. The number of alkyl halides is 1. The van der Waals surface area contributed by atoms with Gasteiger partial charge >= 0.3 is 0 Å². The van der Waals surface area contributed by atoms with Crippen LogP contribution in [0.25, 0.3) is 0 Å². The van der Waals surface area contributed by atoms with Gasteiger partial charge in [-0.3, -0.25) is 4.79 Å². The van der Waals surface area contributed by atoms with Crippen molar-refractivity contribution in [2.24, 2.45) is 11.8 Å². The zero-order valence-corrected chi connectivity index (χ0v) is 9.42. The fourth-order valence-corrected chi connectivity index (χ4v) is 2.51. The summed E-state index contributed by atoms with van der Waals surface area (Å²) in [5.74, 6) is 1.51. The van der Waals surface area contributed by atoms with Crippen molar-refractivity contribution < 1.29 is 4.79 Å². The van der Waals surface area contributed by atoms with E-state index in [1.54, 1.807) is 0 Å². The summed E-state index contributed by atoms with van der Waals surface area (Å²) in [4.78, 5) is 13.8. The number of carbonyl (C=O) groups excluding carboxylic acids is 1. The SMILES string of the molecule is O=C(C1CC1)N1CCCC(CBr)C1. The number of nitrogens with zero attached hydrogens (tertiary/aromatic N) is 1. The van der Waals surface area contributed by atoms with Crippen LogP contribution in [0.15, 0.2) is 0 Å². The van der Waals surface area contributed by atoms with Gasteiger partial charge in [-0.15, -0.1) is 0 Å². The van der Waals surface area contributed by atoms with Crippen LogP contribution in [-0.4, -0.2) is 29.2 Å². The zero-order chi connectivity index (χ0) is 9.26. The molecule has 2 fully saturated rings. The van der Waals surface area contributed by atoms with Gasteiger partial charge in [-0.1, -0.05) is 15.9 Å². The monoisotopic (exact) mass is 245 g/mol. The van der Waals surface area contributed by atoms with E-state index in [9.17, 15) is 4.79 Å². The minimum absolute atomic E-state index is 0.397. The Balaban J connectivity index is 1.87. The van der Waals surface area contributed by atoms with Crippen LogP contribution in [0.1, 0.15) is 25.7 Å². The number of piperidine rings is 1. The lowest BCUT2D eigenvalue weighted by Crippen LogP contribution is -2.41. The average molecular weight is 246 g/mol. The van der Waals surface area contributed by atoms with Gasteiger partial charge in [0.15, 0.2) is 0 Å². The first-order valence-electron chi connectivity index (χ1n) is 5.16. The highest BCUT2D eigenvalue weighted by molar-refractivity contribution is 9.09. The van der Waals surface area contributed by atoms with E-state index in [4.69, 9.17) is 0 Å². The molecule has 74 valence electrons. The van der Waals surface area contributed by atoms with Gasteiger partial charge < -0.3 is 4.90 Å². The normalized spacial score (nSPS) is 29.0. The Labute approximate surface area is 87.8 Å². The maximum absolute atomic E-state index is 11.7. The van der Waals surface area contributed by atoms with Crippen molar-refractivity contribution in [3.05, 3.63) is 0 Å². The molecule has 1 aliphatic heterocycles. The predicted molar refractivity (Wildman–Crippen MR) is 55.8 cm³/mol. The highest BCUT2D eigenvalue weighted by atomic mass is 79.9. The van der Waals surface area contributed by atoms with E-state index in [1.807, 2.05) is 0 Å². The standard InChI is InChI=1S/C10H16BrNO/c11-6-8-2-1-5-12(7-8)10(13)9-3-4-9/h8-9H,1-7H2. The lowest BCUT2D eigenvalue weighted by Gasteiger charge is -2.32. The molecule has 2 rings (SSSR count). The lowest BCUT2D eigenvalue weighted by atomic mass is 10.00. The number of hydrogen-bond donors (Lipinski definition) is 0. The molecule has 0 aromatic rings. The molecule has 0 spiro atoms. The van der Waals surface area contributed by atoms with Crippen LogP contribution in [-0.2, 0) is 4.79 Å². The molecule has 0 N–H and O–H groups in total. The maximum Gasteiger partial charge on any atom is 0.225 e. The van der Waals surface area contributed by atoms with Crippen molar-refractivity contribution in [3.63, 3.8) is 0 Å². The molecule has 1 heterocycles. The maximum atomic E-state index is 11.7. The van der Waals surface area contributed by atoms with Gasteiger partial charge in [0.25, 0.3) is 0 Å². The van der Waals surface area contributed by atoms with E-state index in [2.05, 4.69) is 20.8 Å². The second-order valence-electron chi connectivity index (χ2n) is 4.22. The van der Waals surface area contributed by atoms with Crippen molar-refractivity contribution in [1.82, 2.24) is 4.90 Å². The Bertz CT molecular complexity index is 203. The number of carbonyl (C=O) groups is 1. The van der Waals surface area contributed by atoms with E-state index in [-0.39, 0.29) is 0 Å². The highest BCUT2D eigenvalue weighted by Gasteiger charge is 2.34. The van der Waals surface area contributed by atoms with Crippen molar-refractivity contribution in [2.45, 2.75) is 25.7 Å². The molecule has 3 heteroatoms. The molecule has 0 aromatic carbocycles.